The first-order valence-corrected chi connectivity index (χ1v) is 4.57. The number of hydrogen-bond donors (Lipinski definition) is 0. The van der Waals surface area contributed by atoms with Gasteiger partial charge >= 0.3 is 0 Å². The second-order valence-corrected chi connectivity index (χ2v) is 3.89. The average molecular weight is 139 g/mol. The Morgan fingerprint density at radius 1 is 1.50 bits per heavy atom. The maximum atomic E-state index is 4.18. The van der Waals surface area contributed by atoms with E-state index in [1.165, 1.54) is 25.7 Å². The van der Waals surface area contributed by atoms with Gasteiger partial charge < -0.3 is 0 Å². The maximum Gasteiger partial charge on any atom is 0.0981 e. The van der Waals surface area contributed by atoms with E-state index < -0.39 is 0 Å². The summed E-state index contributed by atoms with van der Waals surface area (Å²) in [6.07, 6.45) is 5.51. The fourth-order valence-electron chi connectivity index (χ4n) is 1.96. The first kappa shape index (κ1) is 7.97. The van der Waals surface area contributed by atoms with Crippen molar-refractivity contribution in [1.29, 1.82) is 0 Å². The Bertz CT molecular complexity index is 87.5. The minimum absolute atomic E-state index is 0.751. The van der Waals surface area contributed by atoms with Crippen molar-refractivity contribution in [2.45, 2.75) is 39.5 Å². The molecule has 1 atom stereocenters. The highest BCUT2D eigenvalue weighted by molar-refractivity contribution is 4.82. The Morgan fingerprint density at radius 3 is 2.50 bits per heavy atom. The van der Waals surface area contributed by atoms with Gasteiger partial charge in [0, 0.05) is 5.92 Å². The molecule has 1 unspecified atom stereocenters. The Labute approximate surface area is 65.0 Å². The van der Waals surface area contributed by atoms with Crippen LogP contribution in [0.2, 0.25) is 0 Å². The van der Waals surface area contributed by atoms with Crippen LogP contribution in [0.4, 0.5) is 0 Å². The molecule has 0 bridgehead atoms. The van der Waals surface area contributed by atoms with Gasteiger partial charge in [0.1, 0.15) is 0 Å². The molecule has 10 heavy (non-hydrogen) atoms. The summed E-state index contributed by atoms with van der Waals surface area (Å²) in [7, 11) is 0. The number of rotatable bonds is 3. The molecule has 0 nitrogen and oxygen atoms in total. The fourth-order valence-corrected chi connectivity index (χ4v) is 1.96. The van der Waals surface area contributed by atoms with Gasteiger partial charge in [0.2, 0.25) is 0 Å². The molecule has 0 radical (unpaired) electrons. The lowest BCUT2D eigenvalue weighted by molar-refractivity contribution is 0.154. The molecule has 1 aliphatic carbocycles. The van der Waals surface area contributed by atoms with Crippen LogP contribution in [0.3, 0.4) is 0 Å². The van der Waals surface area contributed by atoms with Gasteiger partial charge in [-0.2, -0.15) is 0 Å². The van der Waals surface area contributed by atoms with Gasteiger partial charge in [-0.1, -0.05) is 20.3 Å². The molecule has 0 aromatic carbocycles. The predicted octanol–water partition coefficient (Wildman–Crippen LogP) is 3.28. The van der Waals surface area contributed by atoms with E-state index in [0.29, 0.717) is 0 Å². The molecule has 1 saturated carbocycles. The average Bonchev–Trinajstić information content (AvgIpc) is 1.82. The summed E-state index contributed by atoms with van der Waals surface area (Å²) in [5.74, 6) is 2.71. The molecule has 0 aliphatic heterocycles. The van der Waals surface area contributed by atoms with E-state index in [0.717, 1.165) is 17.8 Å². The molecule has 0 heteroatoms. The van der Waals surface area contributed by atoms with E-state index in [1.54, 1.807) is 0 Å². The minimum atomic E-state index is 0.751. The second kappa shape index (κ2) is 3.32. The molecule has 1 aliphatic rings. The summed E-state index contributed by atoms with van der Waals surface area (Å²) in [6.45, 7) is 8.78. The van der Waals surface area contributed by atoms with Crippen LogP contribution in [-0.4, -0.2) is 0 Å². The molecular weight excluding hydrogens is 120 g/mol. The van der Waals surface area contributed by atoms with Crippen molar-refractivity contribution in [3.63, 3.8) is 0 Å². The Kier molecular flexibility index (Phi) is 2.64. The summed E-state index contributed by atoms with van der Waals surface area (Å²) < 4.78 is 0. The van der Waals surface area contributed by atoms with Gasteiger partial charge in [-0.3, -0.25) is 0 Å². The molecule has 0 aromatic rings. The lowest BCUT2D eigenvalue weighted by Gasteiger charge is -2.33. The van der Waals surface area contributed by atoms with Gasteiger partial charge in [0.25, 0.3) is 0 Å². The maximum absolute atomic E-state index is 4.18. The largest absolute Gasteiger partial charge is 0.0981 e. The van der Waals surface area contributed by atoms with Crippen LogP contribution in [0.1, 0.15) is 39.5 Å². The molecule has 1 rings (SSSR count). The normalized spacial score (nSPS) is 35.0. The standard InChI is InChI=1S/C10H19/c1-4-5-9(3)10-6-8(2)7-10/h8-10H,3-7H2,1-2H3/q+1. The lowest BCUT2D eigenvalue weighted by atomic mass is 9.69. The summed E-state index contributed by atoms with van der Waals surface area (Å²) >= 11 is 0. The quantitative estimate of drug-likeness (QED) is 0.526. The lowest BCUT2D eigenvalue weighted by Crippen LogP contribution is -2.26. The molecule has 58 valence electrons. The van der Waals surface area contributed by atoms with Crippen molar-refractivity contribution in [3.8, 4) is 0 Å². The molecule has 0 N–H and O–H groups in total. The van der Waals surface area contributed by atoms with E-state index >= 15 is 0 Å². The van der Waals surface area contributed by atoms with Gasteiger partial charge in [-0.05, 0) is 25.2 Å². The van der Waals surface area contributed by atoms with Crippen molar-refractivity contribution in [3.05, 3.63) is 6.92 Å². The number of hydrogen-bond acceptors (Lipinski definition) is 0. The molecule has 0 heterocycles. The van der Waals surface area contributed by atoms with E-state index in [2.05, 4.69) is 20.8 Å². The van der Waals surface area contributed by atoms with Crippen LogP contribution in [0.5, 0.6) is 0 Å². The van der Waals surface area contributed by atoms with Crippen molar-refractivity contribution in [2.75, 3.05) is 0 Å². The first-order valence-electron chi connectivity index (χ1n) is 4.57. The molecule has 0 spiro atoms. The van der Waals surface area contributed by atoms with E-state index in [1.807, 2.05) is 0 Å². The van der Waals surface area contributed by atoms with Gasteiger partial charge in [-0.25, -0.2) is 0 Å². The smallest absolute Gasteiger partial charge is 0.0652 e. The summed E-state index contributed by atoms with van der Waals surface area (Å²) in [5.41, 5.74) is 0. The predicted molar refractivity (Wildman–Crippen MR) is 45.6 cm³/mol. The molecule has 1 fully saturated rings. The van der Waals surface area contributed by atoms with Gasteiger partial charge in [0.05, 0.1) is 12.8 Å². The Hall–Kier alpha value is -0.130. The van der Waals surface area contributed by atoms with Gasteiger partial charge in [-0.15, -0.1) is 0 Å². The summed E-state index contributed by atoms with van der Waals surface area (Å²) in [6, 6.07) is 0. The molecule has 0 aromatic heterocycles. The third-order valence-electron chi connectivity index (χ3n) is 2.74. The zero-order chi connectivity index (χ0) is 7.56. The zero-order valence-corrected chi connectivity index (χ0v) is 7.27. The van der Waals surface area contributed by atoms with E-state index in [-0.39, 0.29) is 0 Å². The van der Waals surface area contributed by atoms with Crippen LogP contribution in [0, 0.1) is 24.7 Å². The van der Waals surface area contributed by atoms with Crippen molar-refractivity contribution in [2.24, 2.45) is 17.8 Å². The first-order chi connectivity index (χ1) is 4.74. The zero-order valence-electron chi connectivity index (χ0n) is 7.27. The van der Waals surface area contributed by atoms with Crippen LogP contribution < -0.4 is 0 Å². The highest BCUT2D eigenvalue weighted by Gasteiger charge is 2.32. The van der Waals surface area contributed by atoms with Gasteiger partial charge in [0.15, 0.2) is 0 Å². The van der Waals surface area contributed by atoms with Crippen molar-refractivity contribution in [1.82, 2.24) is 0 Å². The minimum Gasteiger partial charge on any atom is -0.0652 e. The highest BCUT2D eigenvalue weighted by Crippen LogP contribution is 2.39. The van der Waals surface area contributed by atoms with Crippen LogP contribution in [-0.2, 0) is 0 Å². The highest BCUT2D eigenvalue weighted by atomic mass is 14.3. The summed E-state index contributed by atoms with van der Waals surface area (Å²) in [5, 5.41) is 0. The Balaban J connectivity index is 2.11. The van der Waals surface area contributed by atoms with E-state index in [9.17, 15) is 0 Å². The molecule has 0 amide bonds. The van der Waals surface area contributed by atoms with Crippen LogP contribution in [0.25, 0.3) is 0 Å². The van der Waals surface area contributed by atoms with Crippen molar-refractivity contribution >= 4 is 0 Å². The Morgan fingerprint density at radius 2 is 2.10 bits per heavy atom. The monoisotopic (exact) mass is 139 g/mol. The third kappa shape index (κ3) is 1.68. The molecular formula is C10H19+. The third-order valence-corrected chi connectivity index (χ3v) is 2.74. The second-order valence-electron chi connectivity index (χ2n) is 3.89. The topological polar surface area (TPSA) is 0 Å². The SMILES string of the molecule is [CH2+]C(CCC)C1CC(C)C1. The van der Waals surface area contributed by atoms with Crippen LogP contribution in [0.15, 0.2) is 0 Å². The molecule has 0 saturated heterocycles. The van der Waals surface area contributed by atoms with Crippen LogP contribution >= 0.6 is 0 Å². The summed E-state index contributed by atoms with van der Waals surface area (Å²) in [4.78, 5) is 0. The fraction of sp³-hybridized carbons (Fsp3) is 0.900. The van der Waals surface area contributed by atoms with E-state index in [4.69, 9.17) is 0 Å². The van der Waals surface area contributed by atoms with Crippen molar-refractivity contribution < 1.29 is 0 Å².